The molecule has 4 aliphatic carbocycles. The number of phenols is 1. The number of nitrogens with one attached hydrogen (secondary N) is 1. The summed E-state index contributed by atoms with van der Waals surface area (Å²) in [6.07, 6.45) is 6.47. The fourth-order valence-corrected chi connectivity index (χ4v) is 8.76. The number of amides is 1. The molecule has 0 unspecified atom stereocenters. The minimum atomic E-state index is -0.986. The lowest BCUT2D eigenvalue weighted by Gasteiger charge is -2.51. The number of ether oxygens (including phenoxy) is 1. The fourth-order valence-electron chi connectivity index (χ4n) is 7.23. The number of aromatic hydroxyl groups is 1. The number of thiazole rings is 1. The third-order valence-electron chi connectivity index (χ3n) is 8.88. The highest BCUT2D eigenvalue weighted by Crippen LogP contribution is 2.58. The van der Waals surface area contributed by atoms with Gasteiger partial charge in [0, 0.05) is 5.56 Å². The van der Waals surface area contributed by atoms with Crippen molar-refractivity contribution in [2.45, 2.75) is 71.4 Å². The Bertz CT molecular complexity index is 1440. The molecule has 0 spiro atoms. The highest BCUT2D eigenvalue weighted by Gasteiger charge is 2.46. The SMILES string of the molecule is C[Si](C)Oc1cc(C(C)(C)C)cc2sc(C(=O)NCCOC(=C3C4CC5CC(C4)CC3C5)c3ccc(O)cc3)nc12. The standard InChI is InChI=1S/C33H41N2O4SSi/c1-33(2,3)24-17-26(39-41(4)5)29-27(18-24)40-32(35-29)31(37)34-10-11-38-30(21-6-8-25(36)9-7-21)28-22-13-19-12-20(15-22)16-23(28)14-19/h6-9,17-20,22-23,36H,10-16H2,1-5H3,(H,34,37). The number of hydrogen-bond acceptors (Lipinski definition) is 6. The lowest BCUT2D eigenvalue weighted by Crippen LogP contribution is -2.41. The van der Waals surface area contributed by atoms with E-state index in [1.165, 1.54) is 54.6 Å². The van der Waals surface area contributed by atoms with E-state index in [-0.39, 0.29) is 17.1 Å². The van der Waals surface area contributed by atoms with Gasteiger partial charge in [-0.25, -0.2) is 4.98 Å². The van der Waals surface area contributed by atoms with Crippen molar-refractivity contribution in [3.05, 3.63) is 58.1 Å². The molecule has 1 aromatic heterocycles. The molecule has 7 rings (SSSR count). The highest BCUT2D eigenvalue weighted by atomic mass is 32.1. The van der Waals surface area contributed by atoms with Crippen molar-refractivity contribution in [1.82, 2.24) is 10.3 Å². The average Bonchev–Trinajstić information content (AvgIpc) is 3.34. The van der Waals surface area contributed by atoms with Crippen LogP contribution in [0.3, 0.4) is 0 Å². The lowest BCUT2D eigenvalue weighted by molar-refractivity contribution is 0.0665. The molecule has 1 radical (unpaired) electrons. The van der Waals surface area contributed by atoms with E-state index in [1.54, 1.807) is 12.1 Å². The van der Waals surface area contributed by atoms with Gasteiger partial charge in [-0.15, -0.1) is 11.3 Å². The Morgan fingerprint density at radius 3 is 2.32 bits per heavy atom. The minimum absolute atomic E-state index is 0.0363. The minimum Gasteiger partial charge on any atom is -0.541 e. The van der Waals surface area contributed by atoms with Gasteiger partial charge >= 0.3 is 0 Å². The van der Waals surface area contributed by atoms with Crippen LogP contribution < -0.4 is 9.74 Å². The van der Waals surface area contributed by atoms with Crippen molar-refractivity contribution in [2.75, 3.05) is 13.2 Å². The van der Waals surface area contributed by atoms with E-state index in [0.29, 0.717) is 30.0 Å². The van der Waals surface area contributed by atoms with Gasteiger partial charge in [0.05, 0.1) is 11.2 Å². The number of phenolic OH excluding ortho intramolecular Hbond substituents is 1. The largest absolute Gasteiger partial charge is 0.541 e. The summed E-state index contributed by atoms with van der Waals surface area (Å²) in [6, 6.07) is 11.6. The molecule has 3 aromatic rings. The second-order valence-electron chi connectivity index (χ2n) is 13.3. The first kappa shape index (κ1) is 28.3. The van der Waals surface area contributed by atoms with E-state index in [9.17, 15) is 9.90 Å². The number of rotatable bonds is 8. The van der Waals surface area contributed by atoms with Gasteiger partial charge in [-0.3, -0.25) is 4.79 Å². The second kappa shape index (κ2) is 11.1. The Morgan fingerprint density at radius 2 is 1.71 bits per heavy atom. The molecular weight excluding hydrogens is 549 g/mol. The van der Waals surface area contributed by atoms with Crippen LogP contribution in [0.1, 0.15) is 73.8 Å². The van der Waals surface area contributed by atoms with Crippen LogP contribution in [-0.2, 0) is 10.2 Å². The smallest absolute Gasteiger partial charge is 0.280 e. The van der Waals surface area contributed by atoms with Gasteiger partial charge < -0.3 is 19.6 Å². The predicted octanol–water partition coefficient (Wildman–Crippen LogP) is 7.54. The van der Waals surface area contributed by atoms with Crippen molar-refractivity contribution >= 4 is 42.3 Å². The van der Waals surface area contributed by atoms with Crippen molar-refractivity contribution in [3.8, 4) is 11.5 Å². The van der Waals surface area contributed by atoms with E-state index >= 15 is 0 Å². The molecule has 4 saturated carbocycles. The molecule has 2 aromatic carbocycles. The van der Waals surface area contributed by atoms with Crippen LogP contribution in [0.2, 0.25) is 13.1 Å². The van der Waals surface area contributed by atoms with Gasteiger partial charge in [0.15, 0.2) is 5.01 Å². The van der Waals surface area contributed by atoms with Crippen molar-refractivity contribution in [3.63, 3.8) is 0 Å². The molecule has 6 nitrogen and oxygen atoms in total. The molecule has 0 saturated heterocycles. The van der Waals surface area contributed by atoms with Gasteiger partial charge in [-0.1, -0.05) is 20.8 Å². The Kier molecular flexibility index (Phi) is 7.66. The predicted molar refractivity (Wildman–Crippen MR) is 167 cm³/mol. The maximum Gasteiger partial charge on any atom is 0.280 e. The Hall–Kier alpha value is -2.84. The molecule has 2 N–H and O–H groups in total. The van der Waals surface area contributed by atoms with Crippen LogP contribution >= 0.6 is 11.3 Å². The average molecular weight is 590 g/mol. The van der Waals surface area contributed by atoms with Crippen LogP contribution in [0, 0.1) is 23.7 Å². The van der Waals surface area contributed by atoms with E-state index in [2.05, 4.69) is 51.3 Å². The molecule has 1 amide bonds. The number of hydrogen-bond donors (Lipinski definition) is 2. The van der Waals surface area contributed by atoms with Gasteiger partial charge in [-0.05, 0) is 122 Å². The molecule has 0 aliphatic heterocycles. The Balaban J connectivity index is 1.18. The zero-order chi connectivity index (χ0) is 28.9. The van der Waals surface area contributed by atoms with Gasteiger partial charge in [0.1, 0.15) is 29.4 Å². The van der Waals surface area contributed by atoms with Crippen molar-refractivity contribution in [1.29, 1.82) is 0 Å². The zero-order valence-corrected chi connectivity index (χ0v) is 26.6. The summed E-state index contributed by atoms with van der Waals surface area (Å²) >= 11 is 1.41. The van der Waals surface area contributed by atoms with Crippen LogP contribution in [0.15, 0.2) is 42.0 Å². The molecule has 217 valence electrons. The summed E-state index contributed by atoms with van der Waals surface area (Å²) in [5.74, 6) is 4.71. The quantitative estimate of drug-likeness (QED) is 0.161. The first-order valence-electron chi connectivity index (χ1n) is 14.9. The molecule has 41 heavy (non-hydrogen) atoms. The first-order valence-corrected chi connectivity index (χ1v) is 18.1. The van der Waals surface area contributed by atoms with Crippen LogP contribution in [0.4, 0.5) is 0 Å². The summed E-state index contributed by atoms with van der Waals surface area (Å²) in [5, 5.41) is 13.4. The normalized spacial score (nSPS) is 23.3. The van der Waals surface area contributed by atoms with E-state index in [1.807, 2.05) is 12.1 Å². The third-order valence-corrected chi connectivity index (χ3v) is 10.5. The molecule has 4 bridgehead atoms. The van der Waals surface area contributed by atoms with E-state index < -0.39 is 9.04 Å². The summed E-state index contributed by atoms with van der Waals surface area (Å²) in [6.45, 7) is 11.5. The topological polar surface area (TPSA) is 80.7 Å². The molecule has 4 fully saturated rings. The number of carbonyl (C=O) groups is 1. The summed E-state index contributed by atoms with van der Waals surface area (Å²) in [5.41, 5.74) is 4.38. The molecule has 1 heterocycles. The number of allylic oxidation sites excluding steroid dienone is 1. The maximum atomic E-state index is 13.2. The Morgan fingerprint density at radius 1 is 1.05 bits per heavy atom. The van der Waals surface area contributed by atoms with Crippen LogP contribution in [0.5, 0.6) is 11.5 Å². The van der Waals surface area contributed by atoms with Crippen molar-refractivity contribution < 1.29 is 19.1 Å². The maximum absolute atomic E-state index is 13.2. The van der Waals surface area contributed by atoms with Crippen LogP contribution in [0.25, 0.3) is 16.0 Å². The summed E-state index contributed by atoms with van der Waals surface area (Å²) < 4.78 is 13.7. The second-order valence-corrected chi connectivity index (χ2v) is 16.4. The number of fused-ring (bicyclic) bond motifs is 1. The number of carbonyl (C=O) groups excluding carboxylic acids is 1. The molecule has 4 aliphatic rings. The number of benzene rings is 2. The number of aromatic nitrogens is 1. The van der Waals surface area contributed by atoms with Gasteiger partial charge in [0.2, 0.25) is 0 Å². The highest BCUT2D eigenvalue weighted by molar-refractivity contribution is 7.20. The fraction of sp³-hybridized carbons (Fsp3) is 0.515. The van der Waals surface area contributed by atoms with Crippen molar-refractivity contribution in [2.24, 2.45) is 23.7 Å². The molecule has 0 atom stereocenters. The first-order chi connectivity index (χ1) is 19.5. The van der Waals surface area contributed by atoms with Gasteiger partial charge in [-0.2, -0.15) is 0 Å². The zero-order valence-electron chi connectivity index (χ0n) is 24.8. The van der Waals surface area contributed by atoms with E-state index in [4.69, 9.17) is 14.1 Å². The molecule has 8 heteroatoms. The monoisotopic (exact) mass is 589 g/mol. The lowest BCUT2D eigenvalue weighted by atomic mass is 9.54. The van der Waals surface area contributed by atoms with Gasteiger partial charge in [0.25, 0.3) is 14.9 Å². The summed E-state index contributed by atoms with van der Waals surface area (Å²) in [4.78, 5) is 17.9. The number of nitrogens with zero attached hydrogens (tertiary/aromatic N) is 1. The Labute approximate surface area is 248 Å². The third kappa shape index (κ3) is 5.91. The van der Waals surface area contributed by atoms with Crippen LogP contribution in [-0.4, -0.2) is 38.2 Å². The van der Waals surface area contributed by atoms with E-state index in [0.717, 1.165) is 39.1 Å². The summed E-state index contributed by atoms with van der Waals surface area (Å²) in [7, 11) is -0.986. The molecular formula is C33H41N2O4SSi.